The summed E-state index contributed by atoms with van der Waals surface area (Å²) >= 11 is 1.48. The molecule has 0 radical (unpaired) electrons. The van der Waals surface area contributed by atoms with Crippen molar-refractivity contribution >= 4 is 23.6 Å². The van der Waals surface area contributed by atoms with Gasteiger partial charge in [0.1, 0.15) is 12.2 Å². The Morgan fingerprint density at radius 3 is 3.05 bits per heavy atom. The van der Waals surface area contributed by atoms with Crippen LogP contribution in [0, 0.1) is 0 Å². The lowest BCUT2D eigenvalue weighted by Gasteiger charge is -2.02. The van der Waals surface area contributed by atoms with Crippen molar-refractivity contribution in [3.63, 3.8) is 0 Å². The molecule has 0 saturated heterocycles. The van der Waals surface area contributed by atoms with Crippen LogP contribution in [0.5, 0.6) is 0 Å². The lowest BCUT2D eigenvalue weighted by molar-refractivity contribution is -0.137. The van der Waals surface area contributed by atoms with Crippen LogP contribution in [0.1, 0.15) is 5.69 Å². The summed E-state index contributed by atoms with van der Waals surface area (Å²) in [6.45, 7) is 0.610. The van der Waals surface area contributed by atoms with Gasteiger partial charge < -0.3 is 15.2 Å². The monoisotopic (exact) mass is 288 g/mol. The van der Waals surface area contributed by atoms with Crippen LogP contribution in [0.4, 0.5) is 0 Å². The van der Waals surface area contributed by atoms with Gasteiger partial charge in [-0.15, -0.1) is 16.9 Å². The molecule has 0 fully saturated rings. The third-order valence-corrected chi connectivity index (χ3v) is 2.94. The van der Waals surface area contributed by atoms with Crippen LogP contribution < -0.4 is 5.32 Å². The second-order valence-corrected chi connectivity index (χ2v) is 4.73. The van der Waals surface area contributed by atoms with Gasteiger partial charge >= 0.3 is 5.97 Å². The first-order chi connectivity index (χ1) is 9.11. The van der Waals surface area contributed by atoms with Crippen molar-refractivity contribution in [2.75, 3.05) is 25.2 Å². The van der Waals surface area contributed by atoms with Gasteiger partial charge in [-0.2, -0.15) is 0 Å². The van der Waals surface area contributed by atoms with Gasteiger partial charge in [0.05, 0.1) is 25.1 Å². The van der Waals surface area contributed by atoms with Gasteiger partial charge in [-0.1, -0.05) is 5.21 Å². The highest BCUT2D eigenvalue weighted by atomic mass is 32.2. The zero-order valence-electron chi connectivity index (χ0n) is 10.5. The maximum absolute atomic E-state index is 11.4. The predicted molar refractivity (Wildman–Crippen MR) is 68.7 cm³/mol. The van der Waals surface area contributed by atoms with Crippen LogP contribution in [0.2, 0.25) is 0 Å². The minimum Gasteiger partial charge on any atom is -0.480 e. The van der Waals surface area contributed by atoms with E-state index in [0.29, 0.717) is 18.1 Å². The van der Waals surface area contributed by atoms with Crippen LogP contribution in [-0.2, 0) is 27.4 Å². The van der Waals surface area contributed by atoms with Crippen LogP contribution in [0.25, 0.3) is 0 Å². The van der Waals surface area contributed by atoms with Crippen LogP contribution in [-0.4, -0.2) is 57.2 Å². The van der Waals surface area contributed by atoms with Gasteiger partial charge in [0.2, 0.25) is 5.91 Å². The van der Waals surface area contributed by atoms with Crippen LogP contribution in [0.3, 0.4) is 0 Å². The topological polar surface area (TPSA) is 106 Å². The predicted octanol–water partition coefficient (Wildman–Crippen LogP) is -0.641. The van der Waals surface area contributed by atoms with E-state index in [4.69, 9.17) is 9.84 Å². The molecule has 1 rings (SSSR count). The van der Waals surface area contributed by atoms with E-state index in [-0.39, 0.29) is 19.0 Å². The number of carboxylic acid groups (broad SMARTS) is 1. The molecule has 0 bridgehead atoms. The van der Waals surface area contributed by atoms with E-state index in [1.54, 1.807) is 7.11 Å². The molecular formula is C10H16N4O4S. The molecule has 106 valence electrons. The quantitative estimate of drug-likeness (QED) is 0.582. The molecule has 0 spiro atoms. The highest BCUT2D eigenvalue weighted by molar-refractivity contribution is 7.99. The maximum Gasteiger partial charge on any atom is 0.325 e. The Hall–Kier alpha value is -1.61. The highest BCUT2D eigenvalue weighted by Gasteiger charge is 2.06. The Kier molecular flexibility index (Phi) is 6.90. The molecule has 1 heterocycles. The van der Waals surface area contributed by atoms with Crippen molar-refractivity contribution in [3.05, 3.63) is 11.9 Å². The highest BCUT2D eigenvalue weighted by Crippen LogP contribution is 1.99. The lowest BCUT2D eigenvalue weighted by atomic mass is 10.4. The molecule has 0 aliphatic carbocycles. The molecular weight excluding hydrogens is 272 g/mol. The van der Waals surface area contributed by atoms with Crippen molar-refractivity contribution in [2.24, 2.45) is 0 Å². The SMILES string of the molecule is COCCSCC(=O)NCc1cn(CC(=O)O)nn1. The summed E-state index contributed by atoms with van der Waals surface area (Å²) in [5.41, 5.74) is 0.525. The first-order valence-corrected chi connectivity index (χ1v) is 6.71. The normalized spacial score (nSPS) is 10.4. The number of carboxylic acids is 1. The number of rotatable bonds is 9. The molecule has 2 N–H and O–H groups in total. The van der Waals surface area contributed by atoms with Crippen molar-refractivity contribution in [1.82, 2.24) is 20.3 Å². The number of thioether (sulfide) groups is 1. The molecule has 1 aromatic heterocycles. The number of aromatic nitrogens is 3. The van der Waals surface area contributed by atoms with Gasteiger partial charge in [0.15, 0.2) is 0 Å². The molecule has 0 saturated carbocycles. The Labute approximate surface area is 114 Å². The zero-order valence-corrected chi connectivity index (χ0v) is 11.4. The summed E-state index contributed by atoms with van der Waals surface area (Å²) in [4.78, 5) is 21.9. The molecule has 19 heavy (non-hydrogen) atoms. The fraction of sp³-hybridized carbons (Fsp3) is 0.600. The number of hydrogen-bond acceptors (Lipinski definition) is 6. The molecule has 8 nitrogen and oxygen atoms in total. The van der Waals surface area contributed by atoms with E-state index in [1.165, 1.54) is 22.6 Å². The van der Waals surface area contributed by atoms with E-state index in [1.807, 2.05) is 0 Å². The third kappa shape index (κ3) is 6.77. The van der Waals surface area contributed by atoms with Crippen LogP contribution in [0.15, 0.2) is 6.20 Å². The van der Waals surface area contributed by atoms with Gasteiger partial charge in [0, 0.05) is 12.9 Å². The first kappa shape index (κ1) is 15.4. The summed E-state index contributed by atoms with van der Waals surface area (Å²) in [6, 6.07) is 0. The Morgan fingerprint density at radius 2 is 2.37 bits per heavy atom. The van der Waals surface area contributed by atoms with Crippen molar-refractivity contribution in [3.8, 4) is 0 Å². The molecule has 0 aromatic carbocycles. The average Bonchev–Trinajstić information content (AvgIpc) is 2.79. The standard InChI is InChI=1S/C10H16N4O4S/c1-18-2-3-19-7-9(15)11-4-8-5-14(13-12-8)6-10(16)17/h5H,2-4,6-7H2,1H3,(H,11,15)(H,16,17). The fourth-order valence-electron chi connectivity index (χ4n) is 1.18. The molecule has 0 unspecified atom stereocenters. The second kappa shape index (κ2) is 8.48. The number of hydrogen-bond donors (Lipinski definition) is 2. The maximum atomic E-state index is 11.4. The zero-order chi connectivity index (χ0) is 14.1. The van der Waals surface area contributed by atoms with Gasteiger partial charge in [0.25, 0.3) is 0 Å². The van der Waals surface area contributed by atoms with Crippen LogP contribution >= 0.6 is 11.8 Å². The largest absolute Gasteiger partial charge is 0.480 e. The van der Waals surface area contributed by atoms with Gasteiger partial charge in [-0.3, -0.25) is 9.59 Å². The minimum atomic E-state index is -0.991. The molecule has 9 heteroatoms. The molecule has 0 aliphatic heterocycles. The molecule has 0 atom stereocenters. The summed E-state index contributed by atoms with van der Waals surface area (Å²) < 4.78 is 6.07. The van der Waals surface area contributed by atoms with Crippen molar-refractivity contribution < 1.29 is 19.4 Å². The number of amides is 1. The number of carbonyl (C=O) groups is 2. The number of ether oxygens (including phenoxy) is 1. The third-order valence-electron chi connectivity index (χ3n) is 2.01. The lowest BCUT2D eigenvalue weighted by Crippen LogP contribution is -2.25. The Balaban J connectivity index is 2.22. The van der Waals surface area contributed by atoms with E-state index >= 15 is 0 Å². The fourth-order valence-corrected chi connectivity index (χ4v) is 1.90. The Bertz CT molecular complexity index is 423. The van der Waals surface area contributed by atoms with Gasteiger partial charge in [-0.05, 0) is 0 Å². The number of carbonyl (C=O) groups excluding carboxylic acids is 1. The summed E-state index contributed by atoms with van der Waals surface area (Å²) in [6.07, 6.45) is 1.49. The van der Waals surface area contributed by atoms with E-state index in [9.17, 15) is 9.59 Å². The Morgan fingerprint density at radius 1 is 1.58 bits per heavy atom. The first-order valence-electron chi connectivity index (χ1n) is 5.56. The average molecular weight is 288 g/mol. The molecule has 0 aliphatic rings. The number of aliphatic carboxylic acids is 1. The van der Waals surface area contributed by atoms with E-state index in [0.717, 1.165) is 5.75 Å². The number of nitrogens with zero attached hydrogens (tertiary/aromatic N) is 3. The summed E-state index contributed by atoms with van der Waals surface area (Å²) in [5.74, 6) is 0.0228. The van der Waals surface area contributed by atoms with Crippen molar-refractivity contribution in [1.29, 1.82) is 0 Å². The molecule has 1 amide bonds. The minimum absolute atomic E-state index is 0.103. The number of nitrogens with one attached hydrogen (secondary N) is 1. The summed E-state index contributed by atoms with van der Waals surface area (Å²) in [5, 5.41) is 18.6. The smallest absolute Gasteiger partial charge is 0.325 e. The van der Waals surface area contributed by atoms with Gasteiger partial charge in [-0.25, -0.2) is 4.68 Å². The molecule has 1 aromatic rings. The van der Waals surface area contributed by atoms with E-state index < -0.39 is 5.97 Å². The van der Waals surface area contributed by atoms with E-state index in [2.05, 4.69) is 15.6 Å². The second-order valence-electron chi connectivity index (χ2n) is 3.62. The number of methoxy groups -OCH3 is 1. The van der Waals surface area contributed by atoms with Crippen molar-refractivity contribution in [2.45, 2.75) is 13.1 Å². The summed E-state index contributed by atoms with van der Waals surface area (Å²) in [7, 11) is 1.61.